The Labute approximate surface area is 272 Å². The molecule has 2 aromatic rings. The van der Waals surface area contributed by atoms with Crippen LogP contribution in [0, 0.1) is 40.8 Å². The van der Waals surface area contributed by atoms with Crippen molar-refractivity contribution >= 4 is 25.2 Å². The topological polar surface area (TPSA) is 113 Å². The number of hydrogen-bond acceptors (Lipinski definition) is 6. The summed E-state index contributed by atoms with van der Waals surface area (Å²) in [6.07, 6.45) is 9.47. The summed E-state index contributed by atoms with van der Waals surface area (Å²) in [5, 5.41) is 34.3. The number of allylic oxidation sites excluding steroid dienone is 6. The highest BCUT2D eigenvalue weighted by molar-refractivity contribution is 7.35. The molecule has 0 spiro atoms. The summed E-state index contributed by atoms with van der Waals surface area (Å²) in [5.74, 6) is -0.464. The van der Waals surface area contributed by atoms with Gasteiger partial charge in [-0.25, -0.2) is 4.39 Å². The molecule has 0 amide bonds. The van der Waals surface area contributed by atoms with Gasteiger partial charge in [-0.2, -0.15) is 0 Å². The lowest BCUT2D eigenvalue weighted by Crippen LogP contribution is -2.61. The molecule has 0 radical (unpaired) electrons. The summed E-state index contributed by atoms with van der Waals surface area (Å²) in [6.45, 7) is 7.99. The monoisotopic (exact) mass is 645 g/mol. The van der Waals surface area contributed by atoms with Gasteiger partial charge in [0, 0.05) is 33.3 Å². The highest BCUT2D eigenvalue weighted by Crippen LogP contribution is 2.69. The van der Waals surface area contributed by atoms with Crippen molar-refractivity contribution < 1.29 is 29.0 Å². The number of hydrogen-bond donors (Lipinski definition) is 4. The first kappa shape index (κ1) is 33.0. The Morgan fingerprint density at radius 1 is 1.15 bits per heavy atom. The van der Waals surface area contributed by atoms with Crippen molar-refractivity contribution in [2.75, 3.05) is 12.3 Å². The number of carbonyl (C=O) groups is 1. The molecule has 0 saturated heterocycles. The number of rotatable bonds is 8. The van der Waals surface area contributed by atoms with Gasteiger partial charge in [-0.3, -0.25) is 9.32 Å². The summed E-state index contributed by atoms with van der Waals surface area (Å²) in [4.78, 5) is 12.2. The van der Waals surface area contributed by atoms with Gasteiger partial charge in [0.05, 0.1) is 21.1 Å². The number of halogens is 1. The smallest absolute Gasteiger partial charge is 0.194 e. The number of aliphatic hydroxyl groups excluding tert-OH is 3. The van der Waals surface area contributed by atoms with E-state index in [9.17, 15) is 20.1 Å². The molecular weight excluding hydrogens is 600 g/mol. The fraction of sp³-hybridized carbons (Fsp3) is 0.474. The zero-order valence-electron chi connectivity index (χ0n) is 27.1. The lowest BCUT2D eigenvalue weighted by Gasteiger charge is -2.63. The molecule has 0 aliphatic heterocycles. The molecule has 7 atom stereocenters. The minimum Gasteiger partial charge on any atom is -0.399 e. The van der Waals surface area contributed by atoms with Crippen molar-refractivity contribution in [1.29, 1.82) is 0 Å². The Morgan fingerprint density at radius 3 is 2.61 bits per heavy atom. The van der Waals surface area contributed by atoms with Crippen molar-refractivity contribution in [1.82, 2.24) is 0 Å². The van der Waals surface area contributed by atoms with Gasteiger partial charge in [0.2, 0.25) is 0 Å². The number of benzene rings is 2. The number of anilines is 1. The third kappa shape index (κ3) is 5.25. The van der Waals surface area contributed by atoms with Crippen LogP contribution in [-0.4, -0.2) is 39.1 Å². The van der Waals surface area contributed by atoms with Crippen LogP contribution >= 0.6 is 8.43 Å². The molecule has 2 fully saturated rings. The predicted octanol–water partition coefficient (Wildman–Crippen LogP) is 6.74. The molecule has 6 rings (SSSR count). The van der Waals surface area contributed by atoms with E-state index in [0.717, 1.165) is 24.0 Å². The largest absolute Gasteiger partial charge is 0.399 e. The van der Waals surface area contributed by atoms with Gasteiger partial charge in [0.25, 0.3) is 0 Å². The molecular formula is C38H45FNO5P. The van der Waals surface area contributed by atoms with Crippen LogP contribution in [-0.2, 0) is 22.2 Å². The molecule has 7 unspecified atom stereocenters. The Bertz CT molecular complexity index is 1660. The van der Waals surface area contributed by atoms with Gasteiger partial charge in [-0.15, -0.1) is 0 Å². The summed E-state index contributed by atoms with van der Waals surface area (Å²) in [6, 6.07) is 11.1. The fourth-order valence-corrected chi connectivity index (χ4v) is 9.94. The van der Waals surface area contributed by atoms with Crippen molar-refractivity contribution in [3.8, 4) is 0 Å². The second-order valence-corrected chi connectivity index (χ2v) is 15.2. The van der Waals surface area contributed by atoms with E-state index in [2.05, 4.69) is 26.8 Å². The first-order valence-corrected chi connectivity index (χ1v) is 17.1. The fourth-order valence-electron chi connectivity index (χ4n) is 9.03. The van der Waals surface area contributed by atoms with Gasteiger partial charge >= 0.3 is 0 Å². The zero-order chi connectivity index (χ0) is 33.0. The van der Waals surface area contributed by atoms with Crippen LogP contribution < -0.4 is 5.73 Å². The standard InChI is InChI=1S/C38H45FNO5P/c1-22-5-9-24(10-6-23-7-12-26(40)13-8-23)34(39)33(22)35(44)45-46-31(21-41)30-16-15-28-29-14-11-25-19-27(42)17-18-37(25,3)38(29,4)32(43)20-36(28,30)2/h5,7-9,12-13,15,17-19,29-30,32,35,41,43-44H,6,10-11,14,16,20-21,40H2,1-4H3. The van der Waals surface area contributed by atoms with Crippen LogP contribution in [0.2, 0.25) is 0 Å². The highest BCUT2D eigenvalue weighted by atomic mass is 31.1. The van der Waals surface area contributed by atoms with Crippen LogP contribution in [0.5, 0.6) is 0 Å². The second kappa shape index (κ2) is 12.3. The van der Waals surface area contributed by atoms with Crippen molar-refractivity contribution in [2.45, 2.75) is 78.6 Å². The maximum Gasteiger partial charge on any atom is 0.194 e. The van der Waals surface area contributed by atoms with Crippen LogP contribution in [0.1, 0.15) is 75.0 Å². The lowest BCUT2D eigenvalue weighted by molar-refractivity contribution is -0.120. The molecule has 5 N–H and O–H groups in total. The summed E-state index contributed by atoms with van der Waals surface area (Å²) in [5.41, 5.74) is 9.79. The molecule has 2 aromatic carbocycles. The van der Waals surface area contributed by atoms with Gasteiger partial charge in [-0.1, -0.05) is 68.3 Å². The molecule has 0 bridgehead atoms. The molecule has 0 heterocycles. The molecule has 4 aliphatic rings. The highest BCUT2D eigenvalue weighted by Gasteiger charge is 2.65. The summed E-state index contributed by atoms with van der Waals surface area (Å²) < 4.78 is 21.7. The number of ketones is 1. The van der Waals surface area contributed by atoms with Crippen molar-refractivity contribution in [2.24, 2.45) is 28.1 Å². The predicted molar refractivity (Wildman–Crippen MR) is 181 cm³/mol. The van der Waals surface area contributed by atoms with E-state index in [1.165, 1.54) is 5.57 Å². The third-order valence-corrected chi connectivity index (χ3v) is 13.0. The Balaban J connectivity index is 1.21. The summed E-state index contributed by atoms with van der Waals surface area (Å²) in [7, 11) is 0.290. The first-order valence-electron chi connectivity index (χ1n) is 16.3. The van der Waals surface area contributed by atoms with Crippen LogP contribution in [0.3, 0.4) is 0 Å². The Morgan fingerprint density at radius 2 is 1.89 bits per heavy atom. The molecule has 6 nitrogen and oxygen atoms in total. The molecule has 2 saturated carbocycles. The molecule has 4 aliphatic carbocycles. The van der Waals surface area contributed by atoms with Crippen LogP contribution in [0.25, 0.3) is 0 Å². The number of nitrogen functional groups attached to an aromatic ring is 1. The minimum atomic E-state index is -1.51. The average Bonchev–Trinajstić information content (AvgIpc) is 3.35. The van der Waals surface area contributed by atoms with Crippen molar-refractivity contribution in [3.05, 3.63) is 99.9 Å². The average molecular weight is 646 g/mol. The van der Waals surface area contributed by atoms with Crippen LogP contribution in [0.4, 0.5) is 10.1 Å². The van der Waals surface area contributed by atoms with E-state index < -0.39 is 34.5 Å². The van der Waals surface area contributed by atoms with Gasteiger partial charge in [-0.05, 0) is 97.8 Å². The number of aliphatic hydroxyl groups is 3. The molecule has 8 heteroatoms. The second-order valence-electron chi connectivity index (χ2n) is 14.3. The number of nitrogens with two attached hydrogens (primary N) is 1. The SMILES string of the molecule is Cc1ccc(CCc2ccc(N)cc2)c(F)c1C(O)OP=C(CO)C1CC=C2C3CCC4=CC(=O)C=CC4(C)C3(C)C(O)CC21C. The van der Waals surface area contributed by atoms with E-state index in [0.29, 0.717) is 56.2 Å². The Kier molecular flexibility index (Phi) is 8.79. The van der Waals surface area contributed by atoms with Crippen LogP contribution in [0.15, 0.2) is 71.8 Å². The van der Waals surface area contributed by atoms with E-state index in [1.807, 2.05) is 30.3 Å². The van der Waals surface area contributed by atoms with Gasteiger partial charge in [0.1, 0.15) is 5.82 Å². The maximum absolute atomic E-state index is 15.8. The van der Waals surface area contributed by atoms with Gasteiger partial charge in [0.15, 0.2) is 12.1 Å². The molecule has 46 heavy (non-hydrogen) atoms. The minimum absolute atomic E-state index is 0.00755. The third-order valence-electron chi connectivity index (χ3n) is 12.0. The van der Waals surface area contributed by atoms with Gasteiger partial charge < -0.3 is 21.1 Å². The van der Waals surface area contributed by atoms with E-state index in [-0.39, 0.29) is 29.8 Å². The van der Waals surface area contributed by atoms with Crippen molar-refractivity contribution in [3.63, 3.8) is 0 Å². The quantitative estimate of drug-likeness (QED) is 0.110. The number of carbonyl (C=O) groups excluding carboxylic acids is 1. The van der Waals surface area contributed by atoms with E-state index in [1.54, 1.807) is 31.2 Å². The van der Waals surface area contributed by atoms with E-state index in [4.69, 9.17) is 10.3 Å². The van der Waals surface area contributed by atoms with E-state index >= 15 is 4.39 Å². The Hall–Kier alpha value is -2.93. The normalized spacial score (nSPS) is 32.7. The molecule has 0 aromatic heterocycles. The first-order chi connectivity index (χ1) is 21.8. The lowest BCUT2D eigenvalue weighted by atomic mass is 9.41. The zero-order valence-corrected chi connectivity index (χ0v) is 28.0. The summed E-state index contributed by atoms with van der Waals surface area (Å²) >= 11 is 0. The number of fused-ring (bicyclic) bond motifs is 5. The number of aryl methyl sites for hydroxylation is 3. The maximum atomic E-state index is 15.8. The molecule has 244 valence electrons.